The van der Waals surface area contributed by atoms with Gasteiger partial charge in [-0.15, -0.1) is 4.91 Å². The molecule has 2 atom stereocenters. The summed E-state index contributed by atoms with van der Waals surface area (Å²) < 4.78 is 23.5. The number of para-hydroxylation sites is 2. The van der Waals surface area contributed by atoms with Crippen molar-refractivity contribution >= 4 is 17.3 Å². The van der Waals surface area contributed by atoms with Crippen molar-refractivity contribution in [1.29, 1.82) is 0 Å². The first-order chi connectivity index (χ1) is 20.1. The minimum absolute atomic E-state index is 0.137. The number of hydrogen-bond donors (Lipinski definition) is 0. The van der Waals surface area contributed by atoms with Crippen molar-refractivity contribution in [3.63, 3.8) is 0 Å². The van der Waals surface area contributed by atoms with Crippen LogP contribution in [0.5, 0.6) is 17.2 Å². The lowest BCUT2D eigenvalue weighted by atomic mass is 10.1. The van der Waals surface area contributed by atoms with Gasteiger partial charge in [0.25, 0.3) is 0 Å². The number of fused-ring (bicyclic) bond motifs is 1. The summed E-state index contributed by atoms with van der Waals surface area (Å²) in [6, 6.07) is 32.1. The zero-order chi connectivity index (χ0) is 28.4. The lowest BCUT2D eigenvalue weighted by Gasteiger charge is -2.36. The van der Waals surface area contributed by atoms with Crippen LogP contribution in [0.25, 0.3) is 0 Å². The van der Waals surface area contributed by atoms with Gasteiger partial charge in [0.15, 0.2) is 12.2 Å². The Hall–Kier alpha value is -4.69. The predicted octanol–water partition coefficient (Wildman–Crippen LogP) is 6.48. The molecular formula is C33H32N2O6. The quantitative estimate of drug-likeness (QED) is 0.113. The zero-order valence-electron chi connectivity index (χ0n) is 22.8. The Morgan fingerprint density at radius 2 is 1.61 bits per heavy atom. The maximum absolute atomic E-state index is 12.8. The van der Waals surface area contributed by atoms with E-state index in [1.54, 1.807) is 0 Å². The van der Waals surface area contributed by atoms with E-state index in [4.69, 9.17) is 18.9 Å². The summed E-state index contributed by atoms with van der Waals surface area (Å²) in [5, 5.41) is 2.85. The van der Waals surface area contributed by atoms with Crippen molar-refractivity contribution in [1.82, 2.24) is 0 Å². The maximum Gasteiger partial charge on any atom is 0.340 e. The molecule has 4 aromatic carbocycles. The van der Waals surface area contributed by atoms with Gasteiger partial charge in [-0.25, -0.2) is 4.79 Å². The number of ether oxygens (including phenoxy) is 4. The van der Waals surface area contributed by atoms with E-state index in [-0.39, 0.29) is 11.8 Å². The van der Waals surface area contributed by atoms with Crippen molar-refractivity contribution in [3.05, 3.63) is 119 Å². The zero-order valence-corrected chi connectivity index (χ0v) is 22.8. The number of benzene rings is 4. The van der Waals surface area contributed by atoms with E-state index in [0.29, 0.717) is 37.7 Å². The SMILES string of the molecule is CCOC(Cc1ccc(OCC2CN(Cc3ccccc3)c3ccccc3O2)cc1)C(=O)Oc1ccc(N=O)cc1. The van der Waals surface area contributed by atoms with Gasteiger partial charge in [0, 0.05) is 19.6 Å². The highest BCUT2D eigenvalue weighted by atomic mass is 16.6. The molecule has 0 N–H and O–H groups in total. The van der Waals surface area contributed by atoms with E-state index in [1.165, 1.54) is 29.8 Å². The average Bonchev–Trinajstić information content (AvgIpc) is 3.01. The van der Waals surface area contributed by atoms with Crippen molar-refractivity contribution in [2.24, 2.45) is 5.18 Å². The van der Waals surface area contributed by atoms with Crippen molar-refractivity contribution in [2.75, 3.05) is 24.7 Å². The maximum atomic E-state index is 12.8. The Labute approximate surface area is 239 Å². The molecule has 0 aromatic heterocycles. The topological polar surface area (TPSA) is 86.7 Å². The molecular weight excluding hydrogens is 520 g/mol. The molecule has 0 saturated heterocycles. The summed E-state index contributed by atoms with van der Waals surface area (Å²) >= 11 is 0. The molecule has 0 saturated carbocycles. The smallest absolute Gasteiger partial charge is 0.340 e. The van der Waals surface area contributed by atoms with Crippen LogP contribution in [-0.4, -0.2) is 37.9 Å². The molecule has 0 radical (unpaired) electrons. The fourth-order valence-electron chi connectivity index (χ4n) is 4.71. The van der Waals surface area contributed by atoms with Crippen LogP contribution in [0.15, 0.2) is 108 Å². The molecule has 5 rings (SSSR count). The van der Waals surface area contributed by atoms with Gasteiger partial charge in [-0.05, 0) is 71.8 Å². The molecule has 0 spiro atoms. The second-order valence-corrected chi connectivity index (χ2v) is 9.68. The van der Waals surface area contributed by atoms with E-state index in [9.17, 15) is 9.70 Å². The molecule has 0 amide bonds. The van der Waals surface area contributed by atoms with E-state index < -0.39 is 12.1 Å². The van der Waals surface area contributed by atoms with Crippen LogP contribution < -0.4 is 19.1 Å². The number of carbonyl (C=O) groups excluding carboxylic acids is 1. The Balaban J connectivity index is 1.17. The van der Waals surface area contributed by atoms with Gasteiger partial charge < -0.3 is 23.8 Å². The Morgan fingerprint density at radius 3 is 2.34 bits per heavy atom. The van der Waals surface area contributed by atoms with E-state index >= 15 is 0 Å². The van der Waals surface area contributed by atoms with Crippen molar-refractivity contribution < 1.29 is 23.7 Å². The first-order valence-corrected chi connectivity index (χ1v) is 13.6. The average molecular weight is 553 g/mol. The Morgan fingerprint density at radius 1 is 0.902 bits per heavy atom. The van der Waals surface area contributed by atoms with E-state index in [0.717, 1.165) is 23.5 Å². The van der Waals surface area contributed by atoms with Gasteiger partial charge in [0.05, 0.1) is 12.2 Å². The fraction of sp³-hybridized carbons (Fsp3) is 0.242. The molecule has 4 aromatic rings. The van der Waals surface area contributed by atoms with Crippen LogP contribution >= 0.6 is 0 Å². The predicted molar refractivity (Wildman–Crippen MR) is 157 cm³/mol. The third-order valence-electron chi connectivity index (χ3n) is 6.71. The molecule has 8 heteroatoms. The van der Waals surface area contributed by atoms with Crippen LogP contribution in [0.4, 0.5) is 11.4 Å². The minimum atomic E-state index is -0.776. The Bertz CT molecular complexity index is 1430. The van der Waals surface area contributed by atoms with Crippen LogP contribution in [0, 0.1) is 4.91 Å². The number of esters is 1. The summed E-state index contributed by atoms with van der Waals surface area (Å²) in [6.45, 7) is 4.08. The Kier molecular flexibility index (Phi) is 9.23. The summed E-state index contributed by atoms with van der Waals surface area (Å²) in [4.78, 5) is 25.7. The standard InChI is InChI=1S/C33H32N2O6/c1-2-38-32(33(36)41-28-18-14-26(34-37)15-19-28)20-24-12-16-27(17-13-24)39-23-29-22-35(21-25-8-4-3-5-9-25)30-10-6-7-11-31(30)40-29/h3-19,29,32H,2,20-23H2,1H3. The van der Waals surface area contributed by atoms with Gasteiger partial charge in [-0.2, -0.15) is 0 Å². The summed E-state index contributed by atoms with van der Waals surface area (Å²) in [5.41, 5.74) is 3.49. The second kappa shape index (κ2) is 13.6. The third-order valence-corrected chi connectivity index (χ3v) is 6.71. The number of carbonyl (C=O) groups is 1. The highest BCUT2D eigenvalue weighted by Crippen LogP contribution is 2.34. The van der Waals surface area contributed by atoms with Gasteiger partial charge in [-0.1, -0.05) is 54.6 Å². The molecule has 1 heterocycles. The first-order valence-electron chi connectivity index (χ1n) is 13.6. The molecule has 2 unspecified atom stereocenters. The van der Waals surface area contributed by atoms with E-state index in [1.807, 2.05) is 55.5 Å². The third kappa shape index (κ3) is 7.49. The summed E-state index contributed by atoms with van der Waals surface area (Å²) in [5.74, 6) is 1.38. The molecule has 0 bridgehead atoms. The van der Waals surface area contributed by atoms with Crippen molar-refractivity contribution in [3.8, 4) is 17.2 Å². The second-order valence-electron chi connectivity index (χ2n) is 9.68. The molecule has 1 aliphatic rings. The number of anilines is 1. The van der Waals surface area contributed by atoms with Crippen LogP contribution in [0.3, 0.4) is 0 Å². The molecule has 0 aliphatic carbocycles. The number of hydrogen-bond acceptors (Lipinski definition) is 8. The number of nitroso groups, excluding NO2 is 1. The highest BCUT2D eigenvalue weighted by Gasteiger charge is 2.26. The number of nitrogens with zero attached hydrogens (tertiary/aromatic N) is 2. The first kappa shape index (κ1) is 27.9. The largest absolute Gasteiger partial charge is 0.490 e. The van der Waals surface area contributed by atoms with Gasteiger partial charge >= 0.3 is 5.97 Å². The lowest BCUT2D eigenvalue weighted by Crippen LogP contribution is -2.42. The minimum Gasteiger partial charge on any atom is -0.490 e. The van der Waals surface area contributed by atoms with Gasteiger partial charge in [-0.3, -0.25) is 0 Å². The fourth-order valence-corrected chi connectivity index (χ4v) is 4.71. The summed E-state index contributed by atoms with van der Waals surface area (Å²) in [7, 11) is 0. The van der Waals surface area contributed by atoms with Crippen molar-refractivity contribution in [2.45, 2.75) is 32.1 Å². The van der Waals surface area contributed by atoms with Crippen LogP contribution in [0.1, 0.15) is 18.1 Å². The number of rotatable bonds is 12. The van der Waals surface area contributed by atoms with Crippen LogP contribution in [-0.2, 0) is 22.5 Å². The van der Waals surface area contributed by atoms with E-state index in [2.05, 4.69) is 40.4 Å². The molecule has 1 aliphatic heterocycles. The molecule has 0 fully saturated rings. The normalized spacial score (nSPS) is 14.9. The van der Waals surface area contributed by atoms with Crippen LogP contribution in [0.2, 0.25) is 0 Å². The molecule has 210 valence electrons. The van der Waals surface area contributed by atoms with Gasteiger partial charge in [0.2, 0.25) is 0 Å². The monoisotopic (exact) mass is 552 g/mol. The molecule has 41 heavy (non-hydrogen) atoms. The highest BCUT2D eigenvalue weighted by molar-refractivity contribution is 5.77. The lowest BCUT2D eigenvalue weighted by molar-refractivity contribution is -0.147. The summed E-state index contributed by atoms with van der Waals surface area (Å²) in [6.07, 6.45) is -0.568. The molecule has 8 nitrogen and oxygen atoms in total. The van der Waals surface area contributed by atoms with Gasteiger partial charge in [0.1, 0.15) is 29.5 Å².